The normalized spacial score (nSPS) is 20.8. The van der Waals surface area contributed by atoms with Gasteiger partial charge in [-0.15, -0.1) is 0 Å². The fourth-order valence-corrected chi connectivity index (χ4v) is 0.264. The first kappa shape index (κ1) is 2.85. The minimum atomic E-state index is 0.764. The van der Waals surface area contributed by atoms with E-state index in [9.17, 15) is 0 Å². The lowest BCUT2D eigenvalue weighted by molar-refractivity contribution is 0.906. The first-order valence-electron chi connectivity index (χ1n) is 1.55. The maximum absolute atomic E-state index is 3.79. The summed E-state index contributed by atoms with van der Waals surface area (Å²) in [6, 6.07) is 0. The number of nitrogens with one attached hydrogen (secondary N) is 1. The summed E-state index contributed by atoms with van der Waals surface area (Å²) < 4.78 is 0. The monoisotopic (exact) mass is 69.0 g/mol. The van der Waals surface area contributed by atoms with Crippen LogP contribution in [0.2, 0.25) is 0 Å². The Morgan fingerprint density at radius 2 is 2.80 bits per heavy atom. The van der Waals surface area contributed by atoms with Gasteiger partial charge >= 0.3 is 0 Å². The number of nitrogens with zero attached hydrogens (tertiary/aromatic N) is 1. The third-order valence-corrected chi connectivity index (χ3v) is 0.480. The van der Waals surface area contributed by atoms with Crippen molar-refractivity contribution in [3.63, 3.8) is 0 Å². The summed E-state index contributed by atoms with van der Waals surface area (Å²) in [6.45, 7) is 2.58. The largest absolute Gasteiger partial charge is 0.289 e. The van der Waals surface area contributed by atoms with Crippen LogP contribution in [0.3, 0.4) is 0 Å². The van der Waals surface area contributed by atoms with Crippen LogP contribution in [0.25, 0.3) is 0 Å². The van der Waals surface area contributed by atoms with Gasteiger partial charge in [-0.1, -0.05) is 0 Å². The molecule has 0 saturated heterocycles. The molecule has 1 heterocycles. The van der Waals surface area contributed by atoms with E-state index in [-0.39, 0.29) is 0 Å². The topological polar surface area (TPSA) is 24.4 Å². The Balaban J connectivity index is 2.32. The molecule has 0 bridgehead atoms. The highest BCUT2D eigenvalue weighted by Crippen LogP contribution is 1.73. The second-order valence-corrected chi connectivity index (χ2v) is 0.861. The predicted octanol–water partition coefficient (Wildman–Crippen LogP) is -0.220. The van der Waals surface area contributed by atoms with Crippen molar-refractivity contribution in [3.05, 3.63) is 6.54 Å². The number of rotatable bonds is 0. The van der Waals surface area contributed by atoms with Gasteiger partial charge in [0.15, 0.2) is 0 Å². The standard InChI is InChI=1S/C3H5N2/c1-2-5-3-4-1/h1-2,4H,3H2. The van der Waals surface area contributed by atoms with Crippen molar-refractivity contribution >= 4 is 6.21 Å². The molecule has 27 valence electrons. The quantitative estimate of drug-likeness (QED) is 0.418. The maximum atomic E-state index is 3.79. The van der Waals surface area contributed by atoms with Crippen LogP contribution in [-0.4, -0.2) is 12.9 Å². The van der Waals surface area contributed by atoms with Crippen LogP contribution in [0.1, 0.15) is 0 Å². The Kier molecular flexibility index (Phi) is 0.667. The van der Waals surface area contributed by atoms with Crippen molar-refractivity contribution < 1.29 is 0 Å². The Morgan fingerprint density at radius 1 is 1.80 bits per heavy atom. The Morgan fingerprint density at radius 3 is 3.00 bits per heavy atom. The van der Waals surface area contributed by atoms with Gasteiger partial charge in [-0.25, -0.2) is 0 Å². The molecule has 2 heteroatoms. The zero-order valence-electron chi connectivity index (χ0n) is 2.81. The highest BCUT2D eigenvalue weighted by Gasteiger charge is 1.83. The first-order chi connectivity index (χ1) is 2.50. The van der Waals surface area contributed by atoms with Gasteiger partial charge in [0.1, 0.15) is 0 Å². The Labute approximate surface area is 30.9 Å². The smallest absolute Gasteiger partial charge is 0.0886 e. The minimum Gasteiger partial charge on any atom is -0.289 e. The van der Waals surface area contributed by atoms with E-state index in [0.29, 0.717) is 0 Å². The van der Waals surface area contributed by atoms with Gasteiger partial charge in [-0.2, -0.15) is 0 Å². The molecule has 0 unspecified atom stereocenters. The van der Waals surface area contributed by atoms with Crippen LogP contribution in [0, 0.1) is 6.54 Å². The molecule has 2 nitrogen and oxygen atoms in total. The van der Waals surface area contributed by atoms with Crippen molar-refractivity contribution in [2.75, 3.05) is 6.67 Å². The van der Waals surface area contributed by atoms with Crippen molar-refractivity contribution in [2.45, 2.75) is 0 Å². The summed E-state index contributed by atoms with van der Waals surface area (Å²) in [4.78, 5) is 3.79. The zero-order chi connectivity index (χ0) is 3.54. The van der Waals surface area contributed by atoms with Gasteiger partial charge in [0.05, 0.1) is 13.2 Å². The van der Waals surface area contributed by atoms with Gasteiger partial charge in [0, 0.05) is 6.21 Å². The first-order valence-corrected chi connectivity index (χ1v) is 1.55. The zero-order valence-corrected chi connectivity index (χ0v) is 2.81. The van der Waals surface area contributed by atoms with E-state index in [1.165, 1.54) is 0 Å². The van der Waals surface area contributed by atoms with E-state index in [2.05, 4.69) is 10.3 Å². The summed E-state index contributed by atoms with van der Waals surface area (Å²) >= 11 is 0. The van der Waals surface area contributed by atoms with Gasteiger partial charge in [-0.05, 0) is 0 Å². The summed E-state index contributed by atoms with van der Waals surface area (Å²) in [7, 11) is 0. The van der Waals surface area contributed by atoms with Crippen LogP contribution in [0.4, 0.5) is 0 Å². The van der Waals surface area contributed by atoms with Crippen molar-refractivity contribution in [1.29, 1.82) is 0 Å². The van der Waals surface area contributed by atoms with E-state index >= 15 is 0 Å². The molecule has 0 aromatic heterocycles. The van der Waals surface area contributed by atoms with E-state index in [4.69, 9.17) is 0 Å². The molecule has 5 heavy (non-hydrogen) atoms. The molecule has 0 fully saturated rings. The fraction of sp³-hybridized carbons (Fsp3) is 0.333. The predicted molar refractivity (Wildman–Crippen MR) is 20.8 cm³/mol. The molecule has 0 atom stereocenters. The van der Waals surface area contributed by atoms with E-state index in [0.717, 1.165) is 6.67 Å². The highest BCUT2D eigenvalue weighted by atomic mass is 15.0. The molecule has 1 radical (unpaired) electrons. The SMILES string of the molecule is [CH]1C=NCN1. The molecule has 0 saturated carbocycles. The number of hydrogen-bond donors (Lipinski definition) is 1. The second kappa shape index (κ2) is 1.17. The van der Waals surface area contributed by atoms with Gasteiger partial charge in [0.2, 0.25) is 0 Å². The molecule has 1 aliphatic heterocycles. The molecule has 0 aromatic rings. The van der Waals surface area contributed by atoms with Crippen LogP contribution in [0.15, 0.2) is 4.99 Å². The van der Waals surface area contributed by atoms with Gasteiger partial charge in [-0.3, -0.25) is 10.3 Å². The van der Waals surface area contributed by atoms with E-state index in [1.54, 1.807) is 6.21 Å². The van der Waals surface area contributed by atoms with E-state index < -0.39 is 0 Å². The summed E-state index contributed by atoms with van der Waals surface area (Å²) in [5.41, 5.74) is 0. The second-order valence-electron chi connectivity index (χ2n) is 0.861. The summed E-state index contributed by atoms with van der Waals surface area (Å²) in [6.07, 6.45) is 1.75. The van der Waals surface area contributed by atoms with Crippen LogP contribution >= 0.6 is 0 Å². The molecule has 1 aliphatic rings. The van der Waals surface area contributed by atoms with E-state index in [1.807, 2.05) is 6.54 Å². The van der Waals surface area contributed by atoms with Gasteiger partial charge in [0.25, 0.3) is 0 Å². The fourth-order valence-electron chi connectivity index (χ4n) is 0.264. The molecule has 0 aromatic carbocycles. The molecule has 0 spiro atoms. The maximum Gasteiger partial charge on any atom is 0.0886 e. The Bertz CT molecular complexity index is 42.9. The van der Waals surface area contributed by atoms with Crippen molar-refractivity contribution in [1.82, 2.24) is 5.32 Å². The molecular formula is C3H5N2. The lowest BCUT2D eigenvalue weighted by atomic mass is 10.8. The summed E-state index contributed by atoms with van der Waals surface area (Å²) in [5.74, 6) is 0. The van der Waals surface area contributed by atoms with Crippen LogP contribution in [0.5, 0.6) is 0 Å². The Hall–Kier alpha value is -0.370. The summed E-state index contributed by atoms with van der Waals surface area (Å²) in [5, 5.41) is 2.88. The van der Waals surface area contributed by atoms with Crippen LogP contribution in [-0.2, 0) is 0 Å². The van der Waals surface area contributed by atoms with Crippen molar-refractivity contribution in [3.8, 4) is 0 Å². The highest BCUT2D eigenvalue weighted by molar-refractivity contribution is 5.68. The molecule has 1 rings (SSSR count). The lowest BCUT2D eigenvalue weighted by Gasteiger charge is -1.74. The number of aliphatic imine (C=N–C) groups is 1. The minimum absolute atomic E-state index is 0.764. The van der Waals surface area contributed by atoms with Crippen LogP contribution < -0.4 is 5.32 Å². The molecule has 1 N–H and O–H groups in total. The molecule has 0 amide bonds. The average molecular weight is 69.1 g/mol. The van der Waals surface area contributed by atoms with Gasteiger partial charge < -0.3 is 0 Å². The third kappa shape index (κ3) is 0.450. The average Bonchev–Trinajstić information content (AvgIpc) is 1.76. The molecule has 0 aliphatic carbocycles. The van der Waals surface area contributed by atoms with Crippen molar-refractivity contribution in [2.24, 2.45) is 4.99 Å². The number of hydrogen-bond acceptors (Lipinski definition) is 2. The third-order valence-electron chi connectivity index (χ3n) is 0.480. The lowest BCUT2D eigenvalue weighted by Crippen LogP contribution is -2.00. The molecular weight excluding hydrogens is 64.0 g/mol.